The quantitative estimate of drug-likeness (QED) is 0.581. The molecule has 1 saturated carbocycles. The number of benzene rings is 1. The highest BCUT2D eigenvalue weighted by Crippen LogP contribution is 2.31. The van der Waals surface area contributed by atoms with E-state index in [4.69, 9.17) is 9.47 Å². The van der Waals surface area contributed by atoms with Gasteiger partial charge < -0.3 is 19.3 Å². The van der Waals surface area contributed by atoms with E-state index < -0.39 is 0 Å². The highest BCUT2D eigenvalue weighted by molar-refractivity contribution is 5.92. The fourth-order valence-corrected chi connectivity index (χ4v) is 4.82. The van der Waals surface area contributed by atoms with Gasteiger partial charge in [0.05, 0.1) is 20.8 Å². The fourth-order valence-electron chi connectivity index (χ4n) is 4.82. The maximum absolute atomic E-state index is 12.8. The number of hydrogen-bond acceptors (Lipinski definition) is 6. The molecule has 180 valence electrons. The van der Waals surface area contributed by atoms with Crippen LogP contribution < -0.4 is 9.47 Å². The van der Waals surface area contributed by atoms with Crippen LogP contribution in [0.15, 0.2) is 24.3 Å². The molecule has 3 aliphatic rings. The zero-order chi connectivity index (χ0) is 23.2. The van der Waals surface area contributed by atoms with Gasteiger partial charge in [-0.05, 0) is 25.0 Å². The third-order valence-electron chi connectivity index (χ3n) is 7.14. The number of hydrogen-bond donors (Lipinski definition) is 0. The number of carbonyl (C=O) groups excluding carboxylic acids is 2. The number of para-hydroxylation sites is 1. The van der Waals surface area contributed by atoms with Crippen molar-refractivity contribution in [2.75, 3.05) is 73.1 Å². The minimum atomic E-state index is -0.0297. The van der Waals surface area contributed by atoms with Crippen molar-refractivity contribution >= 4 is 17.9 Å². The van der Waals surface area contributed by atoms with Crippen LogP contribution in [-0.4, -0.2) is 111 Å². The van der Waals surface area contributed by atoms with E-state index in [1.54, 1.807) is 26.4 Å². The Labute approximate surface area is 196 Å². The minimum absolute atomic E-state index is 0.0297. The molecular formula is C25H36N4O4. The van der Waals surface area contributed by atoms with E-state index in [1.165, 1.54) is 19.3 Å². The minimum Gasteiger partial charge on any atom is -0.493 e. The first-order chi connectivity index (χ1) is 16.1. The van der Waals surface area contributed by atoms with Gasteiger partial charge >= 0.3 is 0 Å². The second-order valence-corrected chi connectivity index (χ2v) is 9.02. The number of rotatable bonds is 7. The summed E-state index contributed by atoms with van der Waals surface area (Å²) in [5.74, 6) is 1.43. The number of amides is 2. The summed E-state index contributed by atoms with van der Waals surface area (Å²) in [7, 11) is 3.18. The topological polar surface area (TPSA) is 65.6 Å². The first-order valence-electron chi connectivity index (χ1n) is 12.0. The number of methoxy groups -OCH3 is 2. The molecule has 33 heavy (non-hydrogen) atoms. The Kier molecular flexibility index (Phi) is 7.88. The zero-order valence-corrected chi connectivity index (χ0v) is 19.9. The normalized spacial score (nSPS) is 20.7. The highest BCUT2D eigenvalue weighted by atomic mass is 16.5. The lowest BCUT2D eigenvalue weighted by Crippen LogP contribution is -2.56. The molecule has 0 atom stereocenters. The predicted octanol–water partition coefficient (Wildman–Crippen LogP) is 1.56. The van der Waals surface area contributed by atoms with E-state index in [9.17, 15) is 9.59 Å². The molecular weight excluding hydrogens is 420 g/mol. The van der Waals surface area contributed by atoms with E-state index in [2.05, 4.69) is 9.80 Å². The molecule has 0 bridgehead atoms. The van der Waals surface area contributed by atoms with Gasteiger partial charge in [-0.15, -0.1) is 0 Å². The molecule has 2 heterocycles. The summed E-state index contributed by atoms with van der Waals surface area (Å²) in [4.78, 5) is 34.0. The molecule has 1 aromatic rings. The molecule has 2 aliphatic heterocycles. The Balaban J connectivity index is 1.21. The summed E-state index contributed by atoms with van der Waals surface area (Å²) in [5.41, 5.74) is 0.798. The van der Waals surface area contributed by atoms with E-state index in [0.717, 1.165) is 50.9 Å². The lowest BCUT2D eigenvalue weighted by Gasteiger charge is -2.43. The van der Waals surface area contributed by atoms with Gasteiger partial charge in [0.25, 0.3) is 0 Å². The number of nitrogens with zero attached hydrogens (tertiary/aromatic N) is 4. The second-order valence-electron chi connectivity index (χ2n) is 9.02. The van der Waals surface area contributed by atoms with Gasteiger partial charge in [-0.3, -0.25) is 19.4 Å². The predicted molar refractivity (Wildman–Crippen MR) is 127 cm³/mol. The Hall–Kier alpha value is -2.58. The van der Waals surface area contributed by atoms with Crippen molar-refractivity contribution in [3.8, 4) is 11.5 Å². The van der Waals surface area contributed by atoms with Crippen LogP contribution in [0.5, 0.6) is 11.5 Å². The molecule has 1 aromatic carbocycles. The molecule has 2 saturated heterocycles. The third kappa shape index (κ3) is 5.68. The highest BCUT2D eigenvalue weighted by Gasteiger charge is 2.30. The van der Waals surface area contributed by atoms with Crippen molar-refractivity contribution in [3.05, 3.63) is 29.8 Å². The third-order valence-corrected chi connectivity index (χ3v) is 7.14. The SMILES string of the molecule is COc1cccc(C=CC(=O)N2CCN(CC(=O)N3CCN(C4CCC4)CC3)CC2)c1OC. The van der Waals surface area contributed by atoms with Crippen LogP contribution in [-0.2, 0) is 9.59 Å². The van der Waals surface area contributed by atoms with Crippen LogP contribution in [0, 0.1) is 0 Å². The molecule has 0 unspecified atom stereocenters. The molecule has 1 aliphatic carbocycles. The summed E-state index contributed by atoms with van der Waals surface area (Å²) in [5, 5.41) is 0. The van der Waals surface area contributed by atoms with Crippen LogP contribution in [0.25, 0.3) is 6.08 Å². The van der Waals surface area contributed by atoms with Crippen molar-refractivity contribution in [1.29, 1.82) is 0 Å². The zero-order valence-electron chi connectivity index (χ0n) is 19.9. The second kappa shape index (κ2) is 11.0. The molecule has 8 heteroatoms. The Morgan fingerprint density at radius 1 is 0.939 bits per heavy atom. The average molecular weight is 457 g/mol. The van der Waals surface area contributed by atoms with Crippen LogP contribution >= 0.6 is 0 Å². The average Bonchev–Trinajstić information content (AvgIpc) is 2.82. The van der Waals surface area contributed by atoms with Crippen LogP contribution in [0.2, 0.25) is 0 Å². The molecule has 0 aromatic heterocycles. The van der Waals surface area contributed by atoms with Gasteiger partial charge in [-0.2, -0.15) is 0 Å². The Morgan fingerprint density at radius 3 is 2.24 bits per heavy atom. The lowest BCUT2D eigenvalue weighted by molar-refractivity contribution is -0.135. The van der Waals surface area contributed by atoms with Crippen LogP contribution in [0.4, 0.5) is 0 Å². The van der Waals surface area contributed by atoms with Crippen LogP contribution in [0.3, 0.4) is 0 Å². The summed E-state index contributed by atoms with van der Waals surface area (Å²) >= 11 is 0. The monoisotopic (exact) mass is 456 g/mol. The number of piperazine rings is 2. The molecule has 0 N–H and O–H groups in total. The van der Waals surface area contributed by atoms with Crippen molar-refractivity contribution < 1.29 is 19.1 Å². The van der Waals surface area contributed by atoms with Gasteiger partial charge in [0, 0.05) is 70.0 Å². The largest absolute Gasteiger partial charge is 0.493 e. The molecule has 4 rings (SSSR count). The molecule has 8 nitrogen and oxygen atoms in total. The Bertz CT molecular complexity index is 854. The standard InChI is InChI=1S/C25H36N4O4/c1-32-22-8-3-5-20(25(22)33-2)9-10-23(30)28-13-11-26(12-14-28)19-24(31)29-17-15-27(16-18-29)21-6-4-7-21/h3,5,8-10,21H,4,6-7,11-19H2,1-2H3. The summed E-state index contributed by atoms with van der Waals surface area (Å²) in [6.07, 6.45) is 7.34. The molecule has 0 spiro atoms. The summed E-state index contributed by atoms with van der Waals surface area (Å²) in [6.45, 7) is 6.82. The van der Waals surface area contributed by atoms with Crippen molar-refractivity contribution in [2.45, 2.75) is 25.3 Å². The number of ether oxygens (including phenoxy) is 2. The first-order valence-corrected chi connectivity index (χ1v) is 12.0. The Morgan fingerprint density at radius 2 is 1.64 bits per heavy atom. The van der Waals surface area contributed by atoms with Crippen molar-refractivity contribution in [3.63, 3.8) is 0 Å². The van der Waals surface area contributed by atoms with E-state index >= 15 is 0 Å². The van der Waals surface area contributed by atoms with Crippen molar-refractivity contribution in [1.82, 2.24) is 19.6 Å². The van der Waals surface area contributed by atoms with Gasteiger partial charge in [-0.25, -0.2) is 0 Å². The number of carbonyl (C=O) groups is 2. The maximum atomic E-state index is 12.8. The maximum Gasteiger partial charge on any atom is 0.246 e. The summed E-state index contributed by atoms with van der Waals surface area (Å²) in [6, 6.07) is 6.34. The molecule has 3 fully saturated rings. The van der Waals surface area contributed by atoms with Gasteiger partial charge in [0.1, 0.15) is 0 Å². The lowest BCUT2D eigenvalue weighted by atomic mass is 9.91. The van der Waals surface area contributed by atoms with Gasteiger partial charge in [0.2, 0.25) is 11.8 Å². The molecule has 0 radical (unpaired) electrons. The smallest absolute Gasteiger partial charge is 0.246 e. The first kappa shape index (κ1) is 23.6. The van der Waals surface area contributed by atoms with E-state index in [-0.39, 0.29) is 11.8 Å². The molecule has 2 amide bonds. The van der Waals surface area contributed by atoms with Crippen molar-refractivity contribution in [2.24, 2.45) is 0 Å². The van der Waals surface area contributed by atoms with Gasteiger partial charge in [0.15, 0.2) is 11.5 Å². The summed E-state index contributed by atoms with van der Waals surface area (Å²) < 4.78 is 10.7. The van der Waals surface area contributed by atoms with Gasteiger partial charge in [-0.1, -0.05) is 18.6 Å². The van der Waals surface area contributed by atoms with E-state index in [0.29, 0.717) is 31.1 Å². The van der Waals surface area contributed by atoms with E-state index in [1.807, 2.05) is 28.0 Å². The van der Waals surface area contributed by atoms with Crippen LogP contribution in [0.1, 0.15) is 24.8 Å². The fraction of sp³-hybridized carbons (Fsp3) is 0.600.